The van der Waals surface area contributed by atoms with Gasteiger partial charge in [0.25, 0.3) is 0 Å². The maximum absolute atomic E-state index is 12.8. The summed E-state index contributed by atoms with van der Waals surface area (Å²) >= 11 is 0. The van der Waals surface area contributed by atoms with Gasteiger partial charge in [0.05, 0.1) is 6.61 Å². The largest absolute Gasteiger partial charge is 0.465 e. The molecule has 0 amide bonds. The molecule has 0 aromatic rings. The van der Waals surface area contributed by atoms with E-state index in [1.54, 1.807) is 6.08 Å². The molecule has 0 spiro atoms. The van der Waals surface area contributed by atoms with Crippen molar-refractivity contribution in [2.24, 2.45) is 5.92 Å². The normalized spacial score (nSPS) is 12.5. The second-order valence-electron chi connectivity index (χ2n) is 12.2. The van der Waals surface area contributed by atoms with Gasteiger partial charge in [0.2, 0.25) is 0 Å². The Morgan fingerprint density at radius 1 is 0.488 bits per heavy atom. The maximum atomic E-state index is 12.8. The Labute approximate surface area is 256 Å². The molecular weight excluding hydrogens is 504 g/mol. The van der Waals surface area contributed by atoms with Gasteiger partial charge in [0, 0.05) is 0 Å². The molecule has 0 aliphatic heterocycles. The van der Waals surface area contributed by atoms with Crippen molar-refractivity contribution in [1.29, 1.82) is 0 Å². The molecule has 1 atom stereocenters. The monoisotopic (exact) mass is 575 g/mol. The third kappa shape index (κ3) is 28.5. The lowest BCUT2D eigenvalue weighted by atomic mass is 9.95. The summed E-state index contributed by atoms with van der Waals surface area (Å²) in [5.41, 5.74) is 0. The molecule has 0 saturated carbocycles. The highest BCUT2D eigenvalue weighted by Gasteiger charge is 2.25. The van der Waals surface area contributed by atoms with E-state index >= 15 is 0 Å². The van der Waals surface area contributed by atoms with Gasteiger partial charge in [0.1, 0.15) is 5.92 Å². The van der Waals surface area contributed by atoms with E-state index in [0.717, 1.165) is 38.5 Å². The molecule has 240 valence electrons. The lowest BCUT2D eigenvalue weighted by Gasteiger charge is -2.12. The number of carbonyl (C=O) groups excluding carboxylic acids is 2. The minimum Gasteiger partial charge on any atom is -0.465 e. The number of hydrogen-bond acceptors (Lipinski definition) is 3. The molecule has 0 aromatic heterocycles. The van der Waals surface area contributed by atoms with Crippen LogP contribution in [0.3, 0.4) is 0 Å². The summed E-state index contributed by atoms with van der Waals surface area (Å²) in [6, 6.07) is 0. The fourth-order valence-electron chi connectivity index (χ4n) is 5.46. The molecule has 0 heterocycles. The minimum absolute atomic E-state index is 0.0734. The van der Waals surface area contributed by atoms with E-state index in [1.165, 1.54) is 128 Å². The zero-order chi connectivity index (χ0) is 30.1. The third-order valence-corrected chi connectivity index (χ3v) is 8.18. The second-order valence-corrected chi connectivity index (χ2v) is 12.2. The van der Waals surface area contributed by atoms with Gasteiger partial charge >= 0.3 is 5.97 Å². The van der Waals surface area contributed by atoms with Crippen LogP contribution in [0.25, 0.3) is 0 Å². The van der Waals surface area contributed by atoms with E-state index in [9.17, 15) is 9.59 Å². The van der Waals surface area contributed by atoms with Gasteiger partial charge in [-0.15, -0.1) is 0 Å². The van der Waals surface area contributed by atoms with Crippen LogP contribution in [0.5, 0.6) is 0 Å². The first-order chi connectivity index (χ1) is 20.2. The van der Waals surface area contributed by atoms with E-state index in [-0.39, 0.29) is 11.8 Å². The number of allylic oxidation sites excluding steroid dienone is 4. The van der Waals surface area contributed by atoms with Crippen LogP contribution in [0.15, 0.2) is 24.3 Å². The summed E-state index contributed by atoms with van der Waals surface area (Å²) in [4.78, 5) is 25.2. The summed E-state index contributed by atoms with van der Waals surface area (Å²) in [5, 5.41) is 0. The molecule has 0 aliphatic rings. The summed E-state index contributed by atoms with van der Waals surface area (Å²) in [5.74, 6) is -1.05. The standard InChI is InChI=1S/C38H70O3/c1-4-7-9-11-13-15-17-19-21-23-25-27-29-31-33-35-37(39)36(38(40)41-6-3)34-32-30-28-26-24-22-20-18-16-14-12-10-8-5-2/h20,22,33,35-36H,4-19,21,23-32,34H2,1-3H3. The predicted molar refractivity (Wildman–Crippen MR) is 179 cm³/mol. The van der Waals surface area contributed by atoms with Crippen LogP contribution in [0.4, 0.5) is 0 Å². The molecule has 0 radical (unpaired) electrons. The highest BCUT2D eigenvalue weighted by molar-refractivity contribution is 6.04. The van der Waals surface area contributed by atoms with E-state index in [4.69, 9.17) is 4.74 Å². The van der Waals surface area contributed by atoms with Crippen LogP contribution in [0.1, 0.15) is 194 Å². The zero-order valence-corrected chi connectivity index (χ0v) is 27.9. The molecule has 0 rings (SSSR count). The summed E-state index contributed by atoms with van der Waals surface area (Å²) < 4.78 is 5.22. The van der Waals surface area contributed by atoms with Crippen LogP contribution in [-0.4, -0.2) is 18.4 Å². The highest BCUT2D eigenvalue weighted by Crippen LogP contribution is 2.17. The first-order valence-electron chi connectivity index (χ1n) is 18.2. The zero-order valence-electron chi connectivity index (χ0n) is 27.9. The Bertz CT molecular complexity index is 621. The number of rotatable bonds is 32. The quantitative estimate of drug-likeness (QED) is 0.0264. The Hall–Kier alpha value is -1.38. The van der Waals surface area contributed by atoms with Crippen molar-refractivity contribution in [3.63, 3.8) is 0 Å². The van der Waals surface area contributed by atoms with Crippen molar-refractivity contribution in [1.82, 2.24) is 0 Å². The minimum atomic E-state index is -0.630. The van der Waals surface area contributed by atoms with Crippen LogP contribution in [0, 0.1) is 5.92 Å². The molecule has 3 nitrogen and oxygen atoms in total. The van der Waals surface area contributed by atoms with Crippen molar-refractivity contribution in [3.8, 4) is 0 Å². The van der Waals surface area contributed by atoms with Gasteiger partial charge < -0.3 is 4.74 Å². The number of esters is 1. The molecule has 0 fully saturated rings. The molecule has 0 aliphatic carbocycles. The Balaban J connectivity index is 3.89. The number of ether oxygens (including phenoxy) is 1. The van der Waals surface area contributed by atoms with Crippen LogP contribution < -0.4 is 0 Å². The Morgan fingerprint density at radius 2 is 0.854 bits per heavy atom. The number of ketones is 1. The fraction of sp³-hybridized carbons (Fsp3) is 0.842. The molecule has 0 aromatic carbocycles. The van der Waals surface area contributed by atoms with Gasteiger partial charge in [-0.05, 0) is 57.9 Å². The molecule has 0 bridgehead atoms. The summed E-state index contributed by atoms with van der Waals surface area (Å²) in [7, 11) is 0. The maximum Gasteiger partial charge on any atom is 0.316 e. The number of unbranched alkanes of at least 4 members (excludes halogenated alkanes) is 23. The van der Waals surface area contributed by atoms with Crippen molar-refractivity contribution in [2.45, 2.75) is 194 Å². The number of hydrogen-bond donors (Lipinski definition) is 0. The Morgan fingerprint density at radius 3 is 1.27 bits per heavy atom. The molecule has 0 saturated heterocycles. The number of carbonyl (C=O) groups is 2. The van der Waals surface area contributed by atoms with Crippen molar-refractivity contribution >= 4 is 11.8 Å². The summed E-state index contributed by atoms with van der Waals surface area (Å²) in [6.07, 6.45) is 42.1. The van der Waals surface area contributed by atoms with Crippen molar-refractivity contribution < 1.29 is 14.3 Å². The third-order valence-electron chi connectivity index (χ3n) is 8.18. The van der Waals surface area contributed by atoms with E-state index in [0.29, 0.717) is 13.0 Å². The molecule has 3 heteroatoms. The average molecular weight is 575 g/mol. The first kappa shape index (κ1) is 39.6. The first-order valence-corrected chi connectivity index (χ1v) is 18.2. The Kier molecular flexibility index (Phi) is 32.0. The van der Waals surface area contributed by atoms with Gasteiger partial charge in [0.15, 0.2) is 5.78 Å². The van der Waals surface area contributed by atoms with Gasteiger partial charge in [-0.25, -0.2) is 0 Å². The molecule has 1 unspecified atom stereocenters. The van der Waals surface area contributed by atoms with E-state index in [1.807, 2.05) is 13.0 Å². The van der Waals surface area contributed by atoms with Crippen molar-refractivity contribution in [2.75, 3.05) is 6.61 Å². The topological polar surface area (TPSA) is 43.4 Å². The average Bonchev–Trinajstić information content (AvgIpc) is 2.97. The van der Waals surface area contributed by atoms with Gasteiger partial charge in [-0.2, -0.15) is 0 Å². The van der Waals surface area contributed by atoms with Crippen LogP contribution in [-0.2, 0) is 14.3 Å². The lowest BCUT2D eigenvalue weighted by molar-refractivity contribution is -0.150. The SMILES string of the molecule is CCCCCCCCC=CCCCCCCC(C(=O)C=CCCCCCCCCCCCCCCC)C(=O)OCC. The highest BCUT2D eigenvalue weighted by atomic mass is 16.5. The lowest BCUT2D eigenvalue weighted by Crippen LogP contribution is -2.25. The van der Waals surface area contributed by atoms with Crippen LogP contribution >= 0.6 is 0 Å². The molecule has 41 heavy (non-hydrogen) atoms. The van der Waals surface area contributed by atoms with Gasteiger partial charge in [-0.1, -0.05) is 160 Å². The van der Waals surface area contributed by atoms with Crippen LogP contribution in [0.2, 0.25) is 0 Å². The van der Waals surface area contributed by atoms with E-state index < -0.39 is 5.92 Å². The van der Waals surface area contributed by atoms with Crippen molar-refractivity contribution in [3.05, 3.63) is 24.3 Å². The molecular formula is C38H70O3. The molecule has 0 N–H and O–H groups in total. The summed E-state index contributed by atoms with van der Waals surface area (Å²) in [6.45, 7) is 6.68. The smallest absolute Gasteiger partial charge is 0.316 e. The second kappa shape index (κ2) is 33.1. The fourth-order valence-corrected chi connectivity index (χ4v) is 5.46. The predicted octanol–water partition coefficient (Wildman–Crippen LogP) is 12.4. The van der Waals surface area contributed by atoms with Gasteiger partial charge in [-0.3, -0.25) is 9.59 Å². The van der Waals surface area contributed by atoms with E-state index in [2.05, 4.69) is 26.0 Å².